The first-order chi connectivity index (χ1) is 9.11. The molecule has 108 valence electrons. The number of hydrogen-bond acceptors (Lipinski definition) is 2. The van der Waals surface area contributed by atoms with E-state index in [4.69, 9.17) is 0 Å². The van der Waals surface area contributed by atoms with Crippen molar-refractivity contribution in [3.63, 3.8) is 0 Å². The van der Waals surface area contributed by atoms with Crippen LogP contribution in [0.15, 0.2) is 21.8 Å². The monoisotopic (exact) mass is 281 g/mol. The minimum Gasteiger partial charge on any atom is -0.357 e. The summed E-state index contributed by atoms with van der Waals surface area (Å²) in [6, 6.07) is 2.59. The van der Waals surface area contributed by atoms with Gasteiger partial charge in [-0.05, 0) is 55.0 Å². The van der Waals surface area contributed by atoms with Crippen LogP contribution in [0.4, 0.5) is 0 Å². The Morgan fingerprint density at radius 1 is 1.32 bits per heavy atom. The molecule has 0 bridgehead atoms. The fourth-order valence-corrected chi connectivity index (χ4v) is 2.42. The van der Waals surface area contributed by atoms with Gasteiger partial charge >= 0.3 is 0 Å². The quantitative estimate of drug-likeness (QED) is 0.591. The van der Waals surface area contributed by atoms with Crippen LogP contribution in [0.2, 0.25) is 0 Å². The lowest BCUT2D eigenvalue weighted by Crippen LogP contribution is -2.42. The van der Waals surface area contributed by atoms with Crippen LogP contribution in [0.25, 0.3) is 0 Å². The molecule has 1 unspecified atom stereocenters. The predicted octanol–water partition coefficient (Wildman–Crippen LogP) is 3.63. The highest BCUT2D eigenvalue weighted by atomic mass is 32.1. The van der Waals surface area contributed by atoms with E-state index in [1.807, 2.05) is 0 Å². The van der Waals surface area contributed by atoms with E-state index in [9.17, 15) is 0 Å². The number of nitrogens with zero attached hydrogens (tertiary/aromatic N) is 1. The molecule has 0 radical (unpaired) electrons. The number of hydrogen-bond donors (Lipinski definition) is 2. The average Bonchev–Trinajstić information content (AvgIpc) is 2.87. The largest absolute Gasteiger partial charge is 0.357 e. The molecule has 0 saturated heterocycles. The van der Waals surface area contributed by atoms with E-state index in [-0.39, 0.29) is 0 Å². The zero-order valence-electron chi connectivity index (χ0n) is 12.6. The fraction of sp³-hybridized carbons (Fsp3) is 0.667. The van der Waals surface area contributed by atoms with Gasteiger partial charge < -0.3 is 10.6 Å². The maximum Gasteiger partial charge on any atom is 0.191 e. The van der Waals surface area contributed by atoms with E-state index in [2.05, 4.69) is 60.1 Å². The minimum absolute atomic E-state index is 0.461. The highest BCUT2D eigenvalue weighted by Gasteiger charge is 2.06. The second kappa shape index (κ2) is 8.97. The normalized spacial score (nSPS) is 13.6. The lowest BCUT2D eigenvalue weighted by atomic mass is 10.0. The van der Waals surface area contributed by atoms with E-state index in [1.54, 1.807) is 11.3 Å². The molecule has 1 heterocycles. The Morgan fingerprint density at radius 3 is 2.68 bits per heavy atom. The summed E-state index contributed by atoms with van der Waals surface area (Å²) >= 11 is 1.72. The van der Waals surface area contributed by atoms with Crippen molar-refractivity contribution in [1.29, 1.82) is 0 Å². The van der Waals surface area contributed by atoms with Crippen molar-refractivity contribution in [3.8, 4) is 0 Å². The van der Waals surface area contributed by atoms with Gasteiger partial charge in [-0.3, -0.25) is 0 Å². The standard InChI is InChI=1S/C15H27N3S/c1-5-16-15(17-10-14-8-9-19-11-14)18-13(4)7-6-12(2)3/h8-9,11-13H,5-7,10H2,1-4H3,(H2,16,17,18). The third-order valence-corrected chi connectivity index (χ3v) is 3.64. The summed E-state index contributed by atoms with van der Waals surface area (Å²) in [5.74, 6) is 1.68. The zero-order chi connectivity index (χ0) is 14.1. The van der Waals surface area contributed by atoms with Gasteiger partial charge in [-0.15, -0.1) is 0 Å². The van der Waals surface area contributed by atoms with Crippen LogP contribution in [0.5, 0.6) is 0 Å². The molecular formula is C15H27N3S. The van der Waals surface area contributed by atoms with Gasteiger partial charge in [-0.1, -0.05) is 13.8 Å². The minimum atomic E-state index is 0.461. The van der Waals surface area contributed by atoms with Crippen molar-refractivity contribution in [2.45, 2.75) is 53.1 Å². The van der Waals surface area contributed by atoms with Gasteiger partial charge in [-0.2, -0.15) is 11.3 Å². The molecule has 1 aromatic rings. The van der Waals surface area contributed by atoms with Crippen LogP contribution in [0, 0.1) is 5.92 Å². The van der Waals surface area contributed by atoms with Crippen LogP contribution in [-0.2, 0) is 6.54 Å². The van der Waals surface area contributed by atoms with E-state index in [1.165, 1.54) is 18.4 Å². The van der Waals surface area contributed by atoms with E-state index in [0.717, 1.165) is 25.0 Å². The van der Waals surface area contributed by atoms with Crippen molar-refractivity contribution in [2.75, 3.05) is 6.54 Å². The van der Waals surface area contributed by atoms with Gasteiger partial charge in [0.05, 0.1) is 6.54 Å². The van der Waals surface area contributed by atoms with Crippen molar-refractivity contribution in [1.82, 2.24) is 10.6 Å². The van der Waals surface area contributed by atoms with Crippen molar-refractivity contribution in [2.24, 2.45) is 10.9 Å². The van der Waals surface area contributed by atoms with Gasteiger partial charge in [0.15, 0.2) is 5.96 Å². The summed E-state index contributed by atoms with van der Waals surface area (Å²) in [4.78, 5) is 4.62. The fourth-order valence-electron chi connectivity index (χ4n) is 1.76. The molecule has 19 heavy (non-hydrogen) atoms. The lowest BCUT2D eigenvalue weighted by molar-refractivity contribution is 0.489. The molecular weight excluding hydrogens is 254 g/mol. The molecule has 0 saturated carbocycles. The van der Waals surface area contributed by atoms with Gasteiger partial charge in [-0.25, -0.2) is 4.99 Å². The first-order valence-electron chi connectivity index (χ1n) is 7.17. The second-order valence-corrected chi connectivity index (χ2v) is 6.12. The number of nitrogens with one attached hydrogen (secondary N) is 2. The van der Waals surface area contributed by atoms with Crippen LogP contribution in [0.3, 0.4) is 0 Å². The Kier molecular flexibility index (Phi) is 7.56. The van der Waals surface area contributed by atoms with Crippen molar-refractivity contribution in [3.05, 3.63) is 22.4 Å². The summed E-state index contributed by atoms with van der Waals surface area (Å²) in [7, 11) is 0. The third-order valence-electron chi connectivity index (χ3n) is 2.90. The summed E-state index contributed by atoms with van der Waals surface area (Å²) in [5.41, 5.74) is 1.28. The van der Waals surface area contributed by atoms with E-state index < -0.39 is 0 Å². The molecule has 0 aliphatic carbocycles. The molecule has 0 fully saturated rings. The third kappa shape index (κ3) is 7.21. The van der Waals surface area contributed by atoms with Gasteiger partial charge in [0.1, 0.15) is 0 Å². The lowest BCUT2D eigenvalue weighted by Gasteiger charge is -2.18. The molecule has 0 spiro atoms. The summed E-state index contributed by atoms with van der Waals surface area (Å²) in [6.07, 6.45) is 2.43. The summed E-state index contributed by atoms with van der Waals surface area (Å²) in [5, 5.41) is 11.0. The summed E-state index contributed by atoms with van der Waals surface area (Å²) < 4.78 is 0. The zero-order valence-corrected chi connectivity index (χ0v) is 13.4. The maximum absolute atomic E-state index is 4.62. The number of guanidine groups is 1. The first kappa shape index (κ1) is 16.0. The van der Waals surface area contributed by atoms with Gasteiger partial charge in [0.2, 0.25) is 0 Å². The van der Waals surface area contributed by atoms with Gasteiger partial charge in [0, 0.05) is 12.6 Å². The Balaban J connectivity index is 2.44. The molecule has 0 aliphatic heterocycles. The molecule has 3 nitrogen and oxygen atoms in total. The number of thiophene rings is 1. The van der Waals surface area contributed by atoms with Crippen molar-refractivity contribution < 1.29 is 0 Å². The highest BCUT2D eigenvalue weighted by molar-refractivity contribution is 7.07. The van der Waals surface area contributed by atoms with E-state index in [0.29, 0.717) is 6.04 Å². The number of rotatable bonds is 7. The first-order valence-corrected chi connectivity index (χ1v) is 8.12. The molecule has 1 rings (SSSR count). The van der Waals surface area contributed by atoms with Crippen LogP contribution in [0.1, 0.15) is 46.1 Å². The molecule has 1 aromatic heterocycles. The van der Waals surface area contributed by atoms with Crippen LogP contribution < -0.4 is 10.6 Å². The number of aliphatic imine (C=N–C) groups is 1. The Hall–Kier alpha value is -1.03. The molecule has 0 aromatic carbocycles. The smallest absolute Gasteiger partial charge is 0.191 e. The van der Waals surface area contributed by atoms with Crippen LogP contribution in [-0.4, -0.2) is 18.5 Å². The second-order valence-electron chi connectivity index (χ2n) is 5.34. The SMILES string of the molecule is CCNC(=NCc1ccsc1)NC(C)CCC(C)C. The average molecular weight is 281 g/mol. The molecule has 0 amide bonds. The molecule has 4 heteroatoms. The van der Waals surface area contributed by atoms with E-state index >= 15 is 0 Å². The Bertz CT molecular complexity index is 357. The van der Waals surface area contributed by atoms with Crippen LogP contribution >= 0.6 is 11.3 Å². The molecule has 2 N–H and O–H groups in total. The van der Waals surface area contributed by atoms with Gasteiger partial charge in [0.25, 0.3) is 0 Å². The topological polar surface area (TPSA) is 36.4 Å². The maximum atomic E-state index is 4.62. The molecule has 0 aliphatic rings. The predicted molar refractivity (Wildman–Crippen MR) is 85.8 cm³/mol. The van der Waals surface area contributed by atoms with Crippen molar-refractivity contribution >= 4 is 17.3 Å². The Labute approximate surface area is 121 Å². The highest BCUT2D eigenvalue weighted by Crippen LogP contribution is 2.08. The molecule has 1 atom stereocenters. The Morgan fingerprint density at radius 2 is 2.11 bits per heavy atom. The summed E-state index contributed by atoms with van der Waals surface area (Å²) in [6.45, 7) is 10.5.